The highest BCUT2D eigenvalue weighted by atomic mass is 35.5. The van der Waals surface area contributed by atoms with Gasteiger partial charge in [-0.3, -0.25) is 0 Å². The molecule has 1 aromatic rings. The smallest absolute Gasteiger partial charge is 0.154 e. The summed E-state index contributed by atoms with van der Waals surface area (Å²) in [6, 6.07) is 0. The van der Waals surface area contributed by atoms with Gasteiger partial charge < -0.3 is 9.84 Å². The fourth-order valence-corrected chi connectivity index (χ4v) is 2.50. The van der Waals surface area contributed by atoms with Gasteiger partial charge in [-0.25, -0.2) is 0 Å². The third-order valence-corrected chi connectivity index (χ3v) is 3.93. The standard InChI is InChI=1S/C11H11Cl3O2/c1-11(2)4-3-5-6(12)9(15)7(13)8(14)10(5)16-11/h15H,3-4H2,1-2H3. The molecule has 1 aliphatic rings. The maximum absolute atomic E-state index is 9.67. The Balaban J connectivity index is 2.65. The van der Waals surface area contributed by atoms with Crippen LogP contribution >= 0.6 is 34.8 Å². The molecular weight excluding hydrogens is 270 g/mol. The Bertz CT molecular complexity index is 455. The number of hydrogen-bond donors (Lipinski definition) is 1. The van der Waals surface area contributed by atoms with E-state index in [0.717, 1.165) is 12.0 Å². The van der Waals surface area contributed by atoms with Crippen molar-refractivity contribution in [1.29, 1.82) is 0 Å². The summed E-state index contributed by atoms with van der Waals surface area (Å²) in [4.78, 5) is 0. The summed E-state index contributed by atoms with van der Waals surface area (Å²) in [7, 11) is 0. The van der Waals surface area contributed by atoms with Crippen LogP contribution < -0.4 is 4.74 Å². The highest BCUT2D eigenvalue weighted by molar-refractivity contribution is 6.46. The first-order chi connectivity index (χ1) is 7.33. The number of fused-ring (bicyclic) bond motifs is 1. The van der Waals surface area contributed by atoms with E-state index in [-0.39, 0.29) is 26.4 Å². The summed E-state index contributed by atoms with van der Waals surface area (Å²) in [6.07, 6.45) is 1.53. The SMILES string of the molecule is CC1(C)CCc2c(Cl)c(O)c(Cl)c(Cl)c2O1. The largest absolute Gasteiger partial charge is 0.505 e. The van der Waals surface area contributed by atoms with Crippen molar-refractivity contribution in [3.05, 3.63) is 20.6 Å². The van der Waals surface area contributed by atoms with Crippen LogP contribution in [-0.4, -0.2) is 10.7 Å². The minimum absolute atomic E-state index is 0.0446. The van der Waals surface area contributed by atoms with Crippen LogP contribution in [0.25, 0.3) is 0 Å². The maximum Gasteiger partial charge on any atom is 0.154 e. The normalized spacial score (nSPS) is 17.8. The fraction of sp³-hybridized carbons (Fsp3) is 0.455. The molecule has 0 aromatic heterocycles. The van der Waals surface area contributed by atoms with E-state index in [0.29, 0.717) is 12.2 Å². The number of phenolic OH excluding ortho intramolecular Hbond substituents is 1. The van der Waals surface area contributed by atoms with E-state index in [4.69, 9.17) is 39.5 Å². The number of halogens is 3. The van der Waals surface area contributed by atoms with Gasteiger partial charge >= 0.3 is 0 Å². The topological polar surface area (TPSA) is 29.5 Å². The van der Waals surface area contributed by atoms with E-state index >= 15 is 0 Å². The first-order valence-electron chi connectivity index (χ1n) is 4.91. The molecule has 0 radical (unpaired) electrons. The van der Waals surface area contributed by atoms with E-state index in [1.54, 1.807) is 0 Å². The van der Waals surface area contributed by atoms with E-state index in [1.807, 2.05) is 13.8 Å². The first-order valence-corrected chi connectivity index (χ1v) is 6.04. The van der Waals surface area contributed by atoms with Gasteiger partial charge in [-0.15, -0.1) is 0 Å². The Morgan fingerprint density at radius 1 is 1.12 bits per heavy atom. The molecule has 2 rings (SSSR count). The zero-order chi connectivity index (χ0) is 12.1. The molecule has 0 spiro atoms. The quantitative estimate of drug-likeness (QED) is 0.712. The first kappa shape index (κ1) is 12.2. The monoisotopic (exact) mass is 280 g/mol. The van der Waals surface area contributed by atoms with E-state index in [9.17, 15) is 5.11 Å². The van der Waals surface area contributed by atoms with Crippen LogP contribution in [0.3, 0.4) is 0 Å². The Morgan fingerprint density at radius 3 is 2.38 bits per heavy atom. The average Bonchev–Trinajstić information content (AvgIpc) is 2.22. The van der Waals surface area contributed by atoms with Crippen molar-refractivity contribution in [2.24, 2.45) is 0 Å². The van der Waals surface area contributed by atoms with Crippen molar-refractivity contribution in [2.45, 2.75) is 32.3 Å². The van der Waals surface area contributed by atoms with Crippen LogP contribution in [0, 0.1) is 0 Å². The third-order valence-electron chi connectivity index (χ3n) is 2.70. The maximum atomic E-state index is 9.67. The van der Waals surface area contributed by atoms with Crippen LogP contribution in [-0.2, 0) is 6.42 Å². The molecule has 1 heterocycles. The molecule has 0 fully saturated rings. The summed E-state index contributed by atoms with van der Waals surface area (Å²) in [5.74, 6) is 0.320. The van der Waals surface area contributed by atoms with Gasteiger partial charge in [-0.2, -0.15) is 0 Å². The summed E-state index contributed by atoms with van der Waals surface area (Å²) >= 11 is 17.9. The van der Waals surface area contributed by atoms with Gasteiger partial charge in [-0.05, 0) is 26.7 Å². The Hall–Kier alpha value is -0.310. The number of phenols is 1. The number of ether oxygens (including phenoxy) is 1. The van der Waals surface area contributed by atoms with E-state index < -0.39 is 0 Å². The zero-order valence-corrected chi connectivity index (χ0v) is 11.2. The summed E-state index contributed by atoms with van der Waals surface area (Å²) in [5, 5.41) is 10.2. The predicted octanol–water partition coefficient (Wildman–Crippen LogP) is 4.46. The molecule has 0 atom stereocenters. The lowest BCUT2D eigenvalue weighted by molar-refractivity contribution is 0.0847. The molecule has 0 amide bonds. The van der Waals surface area contributed by atoms with Crippen molar-refractivity contribution < 1.29 is 9.84 Å². The molecule has 5 heteroatoms. The minimum Gasteiger partial charge on any atom is -0.505 e. The third kappa shape index (κ3) is 1.83. The molecule has 1 N–H and O–H groups in total. The van der Waals surface area contributed by atoms with Crippen molar-refractivity contribution in [3.63, 3.8) is 0 Å². The molecule has 1 aromatic carbocycles. The average molecular weight is 282 g/mol. The van der Waals surface area contributed by atoms with E-state index in [1.165, 1.54) is 0 Å². The van der Waals surface area contributed by atoms with Crippen molar-refractivity contribution in [2.75, 3.05) is 0 Å². The molecule has 16 heavy (non-hydrogen) atoms. The van der Waals surface area contributed by atoms with Crippen LogP contribution in [0.5, 0.6) is 11.5 Å². The summed E-state index contributed by atoms with van der Waals surface area (Å²) in [6.45, 7) is 3.95. The lowest BCUT2D eigenvalue weighted by Crippen LogP contribution is -2.32. The molecule has 0 aliphatic carbocycles. The van der Waals surface area contributed by atoms with Gasteiger partial charge in [0.25, 0.3) is 0 Å². The lowest BCUT2D eigenvalue weighted by Gasteiger charge is -2.33. The van der Waals surface area contributed by atoms with Gasteiger partial charge in [0.05, 0.1) is 5.02 Å². The highest BCUT2D eigenvalue weighted by Crippen LogP contribution is 2.50. The minimum atomic E-state index is -0.291. The van der Waals surface area contributed by atoms with Crippen LogP contribution in [0.1, 0.15) is 25.8 Å². The number of aromatic hydroxyl groups is 1. The highest BCUT2D eigenvalue weighted by Gasteiger charge is 2.32. The molecule has 0 saturated carbocycles. The molecule has 88 valence electrons. The second-order valence-electron chi connectivity index (χ2n) is 4.46. The van der Waals surface area contributed by atoms with Crippen molar-refractivity contribution in [1.82, 2.24) is 0 Å². The molecule has 0 saturated heterocycles. The Kier molecular flexibility index (Phi) is 2.94. The number of rotatable bonds is 0. The molecule has 0 unspecified atom stereocenters. The van der Waals surface area contributed by atoms with Gasteiger partial charge in [-0.1, -0.05) is 34.8 Å². The second-order valence-corrected chi connectivity index (χ2v) is 5.59. The van der Waals surface area contributed by atoms with E-state index in [2.05, 4.69) is 0 Å². The Labute approximate surface area is 109 Å². The Morgan fingerprint density at radius 2 is 1.75 bits per heavy atom. The van der Waals surface area contributed by atoms with Gasteiger partial charge in [0.15, 0.2) is 5.75 Å². The van der Waals surface area contributed by atoms with Crippen molar-refractivity contribution in [3.8, 4) is 11.5 Å². The van der Waals surface area contributed by atoms with Crippen LogP contribution in [0.15, 0.2) is 0 Å². The molecule has 0 bridgehead atoms. The van der Waals surface area contributed by atoms with Gasteiger partial charge in [0.2, 0.25) is 0 Å². The van der Waals surface area contributed by atoms with Gasteiger partial charge in [0.1, 0.15) is 21.4 Å². The molecule has 2 nitrogen and oxygen atoms in total. The molecule has 1 aliphatic heterocycles. The van der Waals surface area contributed by atoms with Gasteiger partial charge in [0, 0.05) is 5.56 Å². The summed E-state index contributed by atoms with van der Waals surface area (Å²) < 4.78 is 5.75. The zero-order valence-electron chi connectivity index (χ0n) is 8.90. The van der Waals surface area contributed by atoms with Crippen LogP contribution in [0.4, 0.5) is 0 Å². The van der Waals surface area contributed by atoms with Crippen LogP contribution in [0.2, 0.25) is 15.1 Å². The molecular formula is C11H11Cl3O2. The predicted molar refractivity (Wildman–Crippen MR) is 66.2 cm³/mol. The number of benzene rings is 1. The summed E-state index contributed by atoms with van der Waals surface area (Å²) in [5.41, 5.74) is 0.438. The lowest BCUT2D eigenvalue weighted by atomic mass is 9.94. The number of hydrogen-bond acceptors (Lipinski definition) is 2. The van der Waals surface area contributed by atoms with Crippen molar-refractivity contribution >= 4 is 34.8 Å². The fourth-order valence-electron chi connectivity index (χ4n) is 1.76. The second kappa shape index (κ2) is 3.86.